The minimum atomic E-state index is 0.0528. The molecule has 0 aliphatic heterocycles. The van der Waals surface area contributed by atoms with E-state index in [1.165, 1.54) is 0 Å². The number of anilines is 3. The minimum absolute atomic E-state index is 0.0528. The van der Waals surface area contributed by atoms with Gasteiger partial charge in [0.25, 0.3) is 0 Å². The third-order valence-corrected chi connectivity index (χ3v) is 3.23. The van der Waals surface area contributed by atoms with Gasteiger partial charge in [0.2, 0.25) is 0 Å². The van der Waals surface area contributed by atoms with Crippen molar-refractivity contribution < 1.29 is 9.53 Å². The fourth-order valence-corrected chi connectivity index (χ4v) is 2.09. The number of carbonyl (C=O) groups excluding carboxylic acids is 1. The maximum absolute atomic E-state index is 11.3. The molecule has 0 radical (unpaired) electrons. The highest BCUT2D eigenvalue weighted by molar-refractivity contribution is 5.94. The Morgan fingerprint density at radius 2 is 1.87 bits per heavy atom. The fraction of sp³-hybridized carbons (Fsp3) is 0.353. The molecule has 0 amide bonds. The Balaban J connectivity index is 2.04. The van der Waals surface area contributed by atoms with Gasteiger partial charge in [-0.1, -0.05) is 0 Å². The lowest BCUT2D eigenvalue weighted by Gasteiger charge is -2.10. The second kappa shape index (κ2) is 8.24. The molecular weight excluding hydrogens is 292 g/mol. The van der Waals surface area contributed by atoms with E-state index >= 15 is 0 Å². The quantitative estimate of drug-likeness (QED) is 0.576. The summed E-state index contributed by atoms with van der Waals surface area (Å²) >= 11 is 0. The number of hydrogen-bond acceptors (Lipinski definition) is 6. The summed E-state index contributed by atoms with van der Waals surface area (Å²) in [7, 11) is 1.69. The minimum Gasteiger partial charge on any atom is -0.385 e. The summed E-state index contributed by atoms with van der Waals surface area (Å²) < 4.78 is 5.02. The second-order valence-corrected chi connectivity index (χ2v) is 5.22. The molecule has 23 heavy (non-hydrogen) atoms. The van der Waals surface area contributed by atoms with Crippen LogP contribution in [0.15, 0.2) is 30.3 Å². The Morgan fingerprint density at radius 1 is 1.17 bits per heavy atom. The molecule has 2 rings (SSSR count). The number of carbonyl (C=O) groups is 1. The Morgan fingerprint density at radius 3 is 2.52 bits per heavy atom. The average Bonchev–Trinajstić information content (AvgIpc) is 2.51. The van der Waals surface area contributed by atoms with E-state index in [1.807, 2.05) is 25.1 Å². The van der Waals surface area contributed by atoms with Gasteiger partial charge in [-0.3, -0.25) is 4.79 Å². The number of methoxy groups -OCH3 is 1. The Bertz CT molecular complexity index is 656. The molecule has 2 N–H and O–H groups in total. The Hall–Kier alpha value is -2.47. The maximum Gasteiger partial charge on any atom is 0.159 e. The van der Waals surface area contributed by atoms with Crippen molar-refractivity contribution in [1.29, 1.82) is 0 Å². The van der Waals surface area contributed by atoms with Crippen LogP contribution in [-0.2, 0) is 4.74 Å². The number of ether oxygens (including phenoxy) is 1. The molecular formula is C17H22N4O2. The van der Waals surface area contributed by atoms with Crippen molar-refractivity contribution in [2.45, 2.75) is 20.3 Å². The molecule has 0 saturated carbocycles. The molecule has 1 aromatic carbocycles. The predicted octanol–water partition coefficient (Wildman–Crippen LogP) is 3.18. The number of hydrogen-bond donors (Lipinski definition) is 2. The van der Waals surface area contributed by atoms with Crippen LogP contribution in [0.2, 0.25) is 0 Å². The molecule has 122 valence electrons. The van der Waals surface area contributed by atoms with Gasteiger partial charge < -0.3 is 15.4 Å². The lowest BCUT2D eigenvalue weighted by Crippen LogP contribution is -2.08. The highest BCUT2D eigenvalue weighted by Crippen LogP contribution is 2.18. The van der Waals surface area contributed by atoms with E-state index in [9.17, 15) is 4.79 Å². The van der Waals surface area contributed by atoms with Crippen molar-refractivity contribution in [1.82, 2.24) is 9.97 Å². The van der Waals surface area contributed by atoms with Crippen LogP contribution in [0.5, 0.6) is 0 Å². The van der Waals surface area contributed by atoms with Gasteiger partial charge in [-0.15, -0.1) is 0 Å². The van der Waals surface area contributed by atoms with Gasteiger partial charge >= 0.3 is 0 Å². The number of nitrogens with one attached hydrogen (secondary N) is 2. The van der Waals surface area contributed by atoms with Crippen molar-refractivity contribution in [3.8, 4) is 0 Å². The predicted molar refractivity (Wildman–Crippen MR) is 91.5 cm³/mol. The number of aromatic nitrogens is 2. The van der Waals surface area contributed by atoms with Crippen LogP contribution < -0.4 is 10.6 Å². The molecule has 0 saturated heterocycles. The molecule has 0 fully saturated rings. The van der Waals surface area contributed by atoms with Crippen LogP contribution in [0, 0.1) is 6.92 Å². The van der Waals surface area contributed by atoms with E-state index in [1.54, 1.807) is 26.2 Å². The van der Waals surface area contributed by atoms with Gasteiger partial charge in [0.05, 0.1) is 0 Å². The van der Waals surface area contributed by atoms with Crippen molar-refractivity contribution in [3.63, 3.8) is 0 Å². The number of Topliss-reactive ketones (excluding diaryl/α,β-unsaturated/α-hetero) is 1. The van der Waals surface area contributed by atoms with Crippen LogP contribution in [0.4, 0.5) is 17.3 Å². The molecule has 6 heteroatoms. The Labute approximate surface area is 136 Å². The molecule has 0 atom stereocenters. The number of rotatable bonds is 8. The highest BCUT2D eigenvalue weighted by Gasteiger charge is 2.04. The third kappa shape index (κ3) is 5.34. The molecule has 0 bridgehead atoms. The summed E-state index contributed by atoms with van der Waals surface area (Å²) in [5.41, 5.74) is 1.56. The monoisotopic (exact) mass is 314 g/mol. The van der Waals surface area contributed by atoms with Gasteiger partial charge in [0.1, 0.15) is 17.5 Å². The van der Waals surface area contributed by atoms with E-state index in [-0.39, 0.29) is 5.78 Å². The second-order valence-electron chi connectivity index (χ2n) is 5.22. The smallest absolute Gasteiger partial charge is 0.159 e. The van der Waals surface area contributed by atoms with E-state index in [2.05, 4.69) is 20.6 Å². The summed E-state index contributed by atoms with van der Waals surface area (Å²) in [5, 5.41) is 6.48. The SMILES string of the molecule is COCCCNc1cc(Nc2ccc(C(C)=O)cc2)nc(C)n1. The standard InChI is InChI=1S/C17H22N4O2/c1-12(22)14-5-7-15(8-6-14)21-17-11-16(19-13(2)20-17)18-9-4-10-23-3/h5-8,11H,4,9-10H2,1-3H3,(H2,18,19,20,21). The van der Waals surface area contributed by atoms with Crippen molar-refractivity contribution >= 4 is 23.1 Å². The van der Waals surface area contributed by atoms with Gasteiger partial charge in [0.15, 0.2) is 5.78 Å². The summed E-state index contributed by atoms with van der Waals surface area (Å²) in [4.78, 5) is 20.0. The Kier molecular flexibility index (Phi) is 6.05. The largest absolute Gasteiger partial charge is 0.385 e. The zero-order valence-corrected chi connectivity index (χ0v) is 13.7. The first kappa shape index (κ1) is 16.9. The molecule has 0 aliphatic carbocycles. The summed E-state index contributed by atoms with van der Waals surface area (Å²) in [6.07, 6.45) is 0.912. The van der Waals surface area contributed by atoms with Gasteiger partial charge in [-0.2, -0.15) is 0 Å². The first-order valence-electron chi connectivity index (χ1n) is 7.55. The zero-order chi connectivity index (χ0) is 16.7. The van der Waals surface area contributed by atoms with E-state index in [0.29, 0.717) is 23.8 Å². The van der Waals surface area contributed by atoms with Crippen LogP contribution in [0.1, 0.15) is 29.5 Å². The van der Waals surface area contributed by atoms with Crippen LogP contribution in [0.25, 0.3) is 0 Å². The van der Waals surface area contributed by atoms with Crippen LogP contribution in [-0.4, -0.2) is 36.0 Å². The number of aryl methyl sites for hydroxylation is 1. The van der Waals surface area contributed by atoms with Gasteiger partial charge in [-0.05, 0) is 44.5 Å². The van der Waals surface area contributed by atoms with Gasteiger partial charge in [-0.25, -0.2) is 9.97 Å². The molecule has 0 aliphatic rings. The van der Waals surface area contributed by atoms with E-state index in [4.69, 9.17) is 4.74 Å². The van der Waals surface area contributed by atoms with Crippen LogP contribution in [0.3, 0.4) is 0 Å². The van der Waals surface area contributed by atoms with E-state index in [0.717, 1.165) is 24.5 Å². The number of ketones is 1. The molecule has 0 spiro atoms. The average molecular weight is 314 g/mol. The number of benzene rings is 1. The first-order valence-corrected chi connectivity index (χ1v) is 7.55. The molecule has 0 unspecified atom stereocenters. The third-order valence-electron chi connectivity index (χ3n) is 3.23. The zero-order valence-electron chi connectivity index (χ0n) is 13.7. The number of nitrogens with zero attached hydrogens (tertiary/aromatic N) is 2. The lowest BCUT2D eigenvalue weighted by molar-refractivity contribution is 0.101. The highest BCUT2D eigenvalue weighted by atomic mass is 16.5. The van der Waals surface area contributed by atoms with Crippen molar-refractivity contribution in [2.75, 3.05) is 30.9 Å². The lowest BCUT2D eigenvalue weighted by atomic mass is 10.1. The molecule has 6 nitrogen and oxygen atoms in total. The summed E-state index contributed by atoms with van der Waals surface area (Å²) in [5.74, 6) is 2.22. The maximum atomic E-state index is 11.3. The van der Waals surface area contributed by atoms with Crippen molar-refractivity contribution in [2.24, 2.45) is 0 Å². The van der Waals surface area contributed by atoms with Gasteiger partial charge in [0, 0.05) is 37.6 Å². The fourth-order valence-electron chi connectivity index (χ4n) is 2.09. The molecule has 2 aromatic rings. The first-order chi connectivity index (χ1) is 11.1. The van der Waals surface area contributed by atoms with Crippen LogP contribution >= 0.6 is 0 Å². The summed E-state index contributed by atoms with van der Waals surface area (Å²) in [6.45, 7) is 4.91. The van der Waals surface area contributed by atoms with Crippen molar-refractivity contribution in [3.05, 3.63) is 41.7 Å². The molecule has 1 heterocycles. The molecule has 1 aromatic heterocycles. The van der Waals surface area contributed by atoms with E-state index < -0.39 is 0 Å². The normalized spacial score (nSPS) is 10.4. The topological polar surface area (TPSA) is 76.1 Å². The summed E-state index contributed by atoms with van der Waals surface area (Å²) in [6, 6.07) is 9.17.